The molecular formula is C21H27N3O4. The van der Waals surface area contributed by atoms with Crippen LogP contribution in [0.2, 0.25) is 0 Å². The first kappa shape index (κ1) is 18.8. The Morgan fingerprint density at radius 3 is 2.50 bits per heavy atom. The molecule has 7 nitrogen and oxygen atoms in total. The molecule has 2 fully saturated rings. The molecule has 0 bridgehead atoms. The molecule has 0 aliphatic carbocycles. The van der Waals surface area contributed by atoms with Crippen LogP contribution in [0.4, 0.5) is 4.79 Å². The number of rotatable bonds is 2. The lowest BCUT2D eigenvalue weighted by molar-refractivity contribution is -0.136. The molecule has 0 radical (unpaired) electrons. The zero-order valence-electron chi connectivity index (χ0n) is 16.3. The van der Waals surface area contributed by atoms with Crippen LogP contribution in [-0.4, -0.2) is 78.0 Å². The summed E-state index contributed by atoms with van der Waals surface area (Å²) in [6.07, 6.45) is 2.57. The van der Waals surface area contributed by atoms with Gasteiger partial charge in [0.1, 0.15) is 0 Å². The third-order valence-corrected chi connectivity index (χ3v) is 6.10. The van der Waals surface area contributed by atoms with Crippen LogP contribution in [0.5, 0.6) is 0 Å². The van der Waals surface area contributed by atoms with Crippen molar-refractivity contribution < 1.29 is 19.1 Å². The Bertz CT molecular complexity index is 773. The van der Waals surface area contributed by atoms with Gasteiger partial charge in [0.05, 0.1) is 12.5 Å². The van der Waals surface area contributed by atoms with Gasteiger partial charge in [0.2, 0.25) is 5.91 Å². The highest BCUT2D eigenvalue weighted by Gasteiger charge is 2.45. The minimum Gasteiger partial charge on any atom is -0.450 e. The van der Waals surface area contributed by atoms with Crippen molar-refractivity contribution in [2.75, 3.05) is 39.3 Å². The molecule has 1 aromatic carbocycles. The molecule has 1 aromatic rings. The van der Waals surface area contributed by atoms with E-state index in [-0.39, 0.29) is 29.9 Å². The zero-order valence-corrected chi connectivity index (χ0v) is 16.3. The minimum atomic E-state index is -0.318. The standard InChI is InChI=1S/C21H27N3O4/c1-2-28-21(27)23-13-11-22(12-14-23)20(26)18-15-7-3-4-8-16(15)19(25)24-10-6-5-9-17(18)24/h3-4,7-8,17-18H,2,5-6,9-14H2,1H3. The molecule has 7 heteroatoms. The van der Waals surface area contributed by atoms with E-state index < -0.39 is 0 Å². The van der Waals surface area contributed by atoms with Gasteiger partial charge in [-0.3, -0.25) is 9.59 Å². The number of carbonyl (C=O) groups excluding carboxylic acids is 3. The Morgan fingerprint density at radius 2 is 1.75 bits per heavy atom. The van der Waals surface area contributed by atoms with Gasteiger partial charge in [0, 0.05) is 44.3 Å². The Hall–Kier alpha value is -2.57. The molecule has 2 saturated heterocycles. The van der Waals surface area contributed by atoms with Crippen LogP contribution >= 0.6 is 0 Å². The maximum atomic E-state index is 13.5. The number of hydrogen-bond acceptors (Lipinski definition) is 4. The van der Waals surface area contributed by atoms with Gasteiger partial charge >= 0.3 is 6.09 Å². The first-order valence-corrected chi connectivity index (χ1v) is 10.2. The van der Waals surface area contributed by atoms with Gasteiger partial charge in [0.15, 0.2) is 0 Å². The van der Waals surface area contributed by atoms with Gasteiger partial charge in [-0.25, -0.2) is 4.79 Å². The highest BCUT2D eigenvalue weighted by molar-refractivity contribution is 6.01. The molecule has 3 aliphatic heterocycles. The number of carbonyl (C=O) groups is 3. The van der Waals surface area contributed by atoms with E-state index in [1.54, 1.807) is 11.8 Å². The molecule has 3 aliphatic rings. The molecule has 0 N–H and O–H groups in total. The first-order chi connectivity index (χ1) is 13.6. The van der Waals surface area contributed by atoms with Crippen molar-refractivity contribution in [1.82, 2.24) is 14.7 Å². The molecule has 0 saturated carbocycles. The molecule has 4 rings (SSSR count). The van der Waals surface area contributed by atoms with Crippen molar-refractivity contribution in [2.24, 2.45) is 0 Å². The Morgan fingerprint density at radius 1 is 1.04 bits per heavy atom. The largest absolute Gasteiger partial charge is 0.450 e. The summed E-state index contributed by atoms with van der Waals surface area (Å²) in [6.45, 7) is 4.81. The fourth-order valence-electron chi connectivity index (χ4n) is 4.70. The quantitative estimate of drug-likeness (QED) is 0.782. The number of nitrogens with zero attached hydrogens (tertiary/aromatic N) is 3. The monoisotopic (exact) mass is 385 g/mol. The number of hydrogen-bond donors (Lipinski definition) is 0. The number of ether oxygens (including phenoxy) is 1. The van der Waals surface area contributed by atoms with Crippen molar-refractivity contribution in [3.05, 3.63) is 35.4 Å². The number of piperidine rings is 1. The first-order valence-electron chi connectivity index (χ1n) is 10.2. The highest BCUT2D eigenvalue weighted by atomic mass is 16.6. The van der Waals surface area contributed by atoms with Gasteiger partial charge in [-0.1, -0.05) is 18.2 Å². The molecule has 2 unspecified atom stereocenters. The van der Waals surface area contributed by atoms with E-state index in [0.29, 0.717) is 38.3 Å². The van der Waals surface area contributed by atoms with Crippen molar-refractivity contribution in [2.45, 2.75) is 38.1 Å². The van der Waals surface area contributed by atoms with Gasteiger partial charge < -0.3 is 19.4 Å². The average Bonchev–Trinajstić information content (AvgIpc) is 2.74. The second kappa shape index (κ2) is 7.81. The van der Waals surface area contributed by atoms with Crippen LogP contribution < -0.4 is 0 Å². The smallest absolute Gasteiger partial charge is 0.409 e. The molecule has 3 heterocycles. The van der Waals surface area contributed by atoms with Crippen LogP contribution in [0.1, 0.15) is 48.0 Å². The van der Waals surface area contributed by atoms with Crippen LogP contribution in [0.3, 0.4) is 0 Å². The van der Waals surface area contributed by atoms with Crippen molar-refractivity contribution in [1.29, 1.82) is 0 Å². The summed E-state index contributed by atoms with van der Waals surface area (Å²) in [7, 11) is 0. The molecule has 2 atom stereocenters. The van der Waals surface area contributed by atoms with Crippen molar-refractivity contribution >= 4 is 17.9 Å². The summed E-state index contributed by atoms with van der Waals surface area (Å²) in [5.74, 6) is -0.194. The van der Waals surface area contributed by atoms with Crippen LogP contribution in [0, 0.1) is 0 Å². The summed E-state index contributed by atoms with van der Waals surface area (Å²) in [6, 6.07) is 7.47. The number of amides is 3. The van der Waals surface area contributed by atoms with Crippen molar-refractivity contribution in [3.63, 3.8) is 0 Å². The molecule has 28 heavy (non-hydrogen) atoms. The van der Waals surface area contributed by atoms with Gasteiger partial charge in [0.25, 0.3) is 5.91 Å². The van der Waals surface area contributed by atoms with Gasteiger partial charge in [-0.05, 0) is 37.8 Å². The Kier molecular flexibility index (Phi) is 5.24. The highest BCUT2D eigenvalue weighted by Crippen LogP contribution is 2.39. The summed E-state index contributed by atoms with van der Waals surface area (Å²) in [5, 5.41) is 0. The SMILES string of the molecule is CCOC(=O)N1CCN(C(=O)C2c3ccccc3C(=O)N3CCCCC23)CC1. The predicted molar refractivity (Wildman–Crippen MR) is 103 cm³/mol. The number of piperazine rings is 1. The summed E-state index contributed by atoms with van der Waals surface area (Å²) in [5.41, 5.74) is 1.51. The Labute approximate surface area is 165 Å². The van der Waals surface area contributed by atoms with Crippen LogP contribution in [0.25, 0.3) is 0 Å². The van der Waals surface area contributed by atoms with E-state index in [0.717, 1.165) is 31.4 Å². The van der Waals surface area contributed by atoms with Gasteiger partial charge in [-0.15, -0.1) is 0 Å². The van der Waals surface area contributed by atoms with Crippen LogP contribution in [0.15, 0.2) is 24.3 Å². The number of benzene rings is 1. The van der Waals surface area contributed by atoms with E-state index in [9.17, 15) is 14.4 Å². The normalized spacial score (nSPS) is 24.5. The fraction of sp³-hybridized carbons (Fsp3) is 0.571. The van der Waals surface area contributed by atoms with E-state index in [4.69, 9.17) is 4.74 Å². The number of fused-ring (bicyclic) bond motifs is 2. The summed E-state index contributed by atoms with van der Waals surface area (Å²) < 4.78 is 5.06. The third-order valence-electron chi connectivity index (χ3n) is 6.10. The van der Waals surface area contributed by atoms with Crippen LogP contribution in [-0.2, 0) is 9.53 Å². The van der Waals surface area contributed by atoms with E-state index in [1.807, 2.05) is 34.1 Å². The predicted octanol–water partition coefficient (Wildman–Crippen LogP) is 2.08. The van der Waals surface area contributed by atoms with E-state index in [1.165, 1.54) is 0 Å². The third kappa shape index (κ3) is 3.23. The molecule has 3 amide bonds. The summed E-state index contributed by atoms with van der Waals surface area (Å²) >= 11 is 0. The minimum absolute atomic E-state index is 0.0523. The second-order valence-electron chi connectivity index (χ2n) is 7.64. The van der Waals surface area contributed by atoms with E-state index in [2.05, 4.69) is 0 Å². The molecule has 150 valence electrons. The molecule has 0 spiro atoms. The van der Waals surface area contributed by atoms with Gasteiger partial charge in [-0.2, -0.15) is 0 Å². The lowest BCUT2D eigenvalue weighted by Crippen LogP contribution is -2.57. The summed E-state index contributed by atoms with van der Waals surface area (Å²) in [4.78, 5) is 43.8. The Balaban J connectivity index is 1.55. The average molecular weight is 385 g/mol. The van der Waals surface area contributed by atoms with Crippen molar-refractivity contribution in [3.8, 4) is 0 Å². The maximum absolute atomic E-state index is 13.5. The second-order valence-corrected chi connectivity index (χ2v) is 7.64. The topological polar surface area (TPSA) is 70.2 Å². The molecular weight excluding hydrogens is 358 g/mol. The lowest BCUT2D eigenvalue weighted by atomic mass is 9.78. The van der Waals surface area contributed by atoms with E-state index >= 15 is 0 Å². The zero-order chi connectivity index (χ0) is 19.7. The molecule has 0 aromatic heterocycles. The maximum Gasteiger partial charge on any atom is 0.409 e. The fourth-order valence-corrected chi connectivity index (χ4v) is 4.70. The lowest BCUT2D eigenvalue weighted by Gasteiger charge is -2.46.